The van der Waals surface area contributed by atoms with E-state index in [1.807, 2.05) is 0 Å². The van der Waals surface area contributed by atoms with E-state index in [-0.39, 0.29) is 24.8 Å². The maximum Gasteiger partial charge on any atom is 0.341 e. The second-order valence-corrected chi connectivity index (χ2v) is 3.99. The number of carbonyl (C=O) groups excluding carboxylic acids is 2. The lowest BCUT2D eigenvalue weighted by molar-refractivity contribution is -0.139. The highest BCUT2D eigenvalue weighted by Gasteiger charge is 2.04. The molecular formula is C13H16N2O5. The first-order valence-electron chi connectivity index (χ1n) is 5.96. The second kappa shape index (κ2) is 7.78. The van der Waals surface area contributed by atoms with Crippen molar-refractivity contribution in [1.82, 2.24) is 5.32 Å². The van der Waals surface area contributed by atoms with Gasteiger partial charge in [-0.25, -0.2) is 4.79 Å². The molecule has 0 saturated carbocycles. The number of carboxylic acid groups (broad SMARTS) is 1. The number of hydrogen-bond acceptors (Lipinski definition) is 4. The Balaban J connectivity index is 2.38. The molecule has 1 rings (SSSR count). The van der Waals surface area contributed by atoms with E-state index in [9.17, 15) is 14.4 Å². The molecule has 0 bridgehead atoms. The minimum absolute atomic E-state index is 0.177. The van der Waals surface area contributed by atoms with Gasteiger partial charge < -0.3 is 20.5 Å². The van der Waals surface area contributed by atoms with Crippen LogP contribution in [0.25, 0.3) is 0 Å². The standard InChI is InChI=1S/C13H16N2O5/c1-9(16)14-7-6-12(17)15-10-2-4-11(5-3-10)20-8-13(18)19/h2-5H,6-8H2,1H3,(H,14,16)(H,15,17)(H,18,19). The normalized spacial score (nSPS) is 9.65. The van der Waals surface area contributed by atoms with Crippen LogP contribution in [0, 0.1) is 0 Å². The van der Waals surface area contributed by atoms with Gasteiger partial charge in [-0.05, 0) is 24.3 Å². The smallest absolute Gasteiger partial charge is 0.341 e. The Bertz CT molecular complexity index is 484. The van der Waals surface area contributed by atoms with Crippen LogP contribution in [-0.4, -0.2) is 36.0 Å². The molecule has 0 heterocycles. The maximum absolute atomic E-state index is 11.5. The molecule has 7 nitrogen and oxygen atoms in total. The van der Waals surface area contributed by atoms with Gasteiger partial charge in [-0.15, -0.1) is 0 Å². The highest BCUT2D eigenvalue weighted by Crippen LogP contribution is 2.15. The van der Waals surface area contributed by atoms with Gasteiger partial charge in [0.25, 0.3) is 0 Å². The Morgan fingerprint density at radius 3 is 2.40 bits per heavy atom. The molecule has 0 atom stereocenters. The Hall–Kier alpha value is -2.57. The number of carbonyl (C=O) groups is 3. The number of ether oxygens (including phenoxy) is 1. The Kier molecular flexibility index (Phi) is 6.02. The van der Waals surface area contributed by atoms with E-state index in [0.29, 0.717) is 11.4 Å². The molecule has 7 heteroatoms. The fraction of sp³-hybridized carbons (Fsp3) is 0.308. The average molecular weight is 280 g/mol. The van der Waals surface area contributed by atoms with Gasteiger partial charge in [0.15, 0.2) is 6.61 Å². The van der Waals surface area contributed by atoms with E-state index < -0.39 is 12.6 Å². The first kappa shape index (κ1) is 15.5. The highest BCUT2D eigenvalue weighted by molar-refractivity contribution is 5.91. The van der Waals surface area contributed by atoms with Crippen molar-refractivity contribution >= 4 is 23.5 Å². The third-order valence-corrected chi connectivity index (χ3v) is 2.23. The third kappa shape index (κ3) is 6.39. The van der Waals surface area contributed by atoms with Gasteiger partial charge in [0.05, 0.1) is 0 Å². The third-order valence-electron chi connectivity index (χ3n) is 2.23. The summed E-state index contributed by atoms with van der Waals surface area (Å²) in [6.45, 7) is 1.25. The quantitative estimate of drug-likeness (QED) is 0.679. The molecular weight excluding hydrogens is 264 g/mol. The summed E-state index contributed by atoms with van der Waals surface area (Å²) < 4.78 is 4.96. The molecule has 0 saturated heterocycles. The topological polar surface area (TPSA) is 105 Å². The highest BCUT2D eigenvalue weighted by atomic mass is 16.5. The molecule has 0 aliphatic rings. The van der Waals surface area contributed by atoms with Crippen molar-refractivity contribution in [2.24, 2.45) is 0 Å². The molecule has 1 aromatic carbocycles. The van der Waals surface area contributed by atoms with Gasteiger partial charge in [-0.2, -0.15) is 0 Å². The Morgan fingerprint density at radius 2 is 1.85 bits per heavy atom. The maximum atomic E-state index is 11.5. The summed E-state index contributed by atoms with van der Waals surface area (Å²) in [6, 6.07) is 6.33. The molecule has 3 N–H and O–H groups in total. The number of anilines is 1. The molecule has 0 unspecified atom stereocenters. The number of aliphatic carboxylic acids is 1. The van der Waals surface area contributed by atoms with E-state index >= 15 is 0 Å². The van der Waals surface area contributed by atoms with Crippen LogP contribution in [0.4, 0.5) is 5.69 Å². The fourth-order valence-electron chi connectivity index (χ4n) is 1.36. The fourth-order valence-corrected chi connectivity index (χ4v) is 1.36. The lowest BCUT2D eigenvalue weighted by Crippen LogP contribution is -2.25. The molecule has 0 radical (unpaired) electrons. The van der Waals surface area contributed by atoms with E-state index in [1.54, 1.807) is 24.3 Å². The van der Waals surface area contributed by atoms with Crippen LogP contribution in [-0.2, 0) is 14.4 Å². The number of nitrogens with one attached hydrogen (secondary N) is 2. The molecule has 20 heavy (non-hydrogen) atoms. The zero-order chi connectivity index (χ0) is 15.0. The summed E-state index contributed by atoms with van der Waals surface area (Å²) in [6.07, 6.45) is 0.177. The van der Waals surface area contributed by atoms with Crippen molar-refractivity contribution in [3.05, 3.63) is 24.3 Å². The first-order chi connectivity index (χ1) is 9.47. The van der Waals surface area contributed by atoms with E-state index in [4.69, 9.17) is 9.84 Å². The Morgan fingerprint density at radius 1 is 1.20 bits per heavy atom. The van der Waals surface area contributed by atoms with Gasteiger partial charge in [-0.1, -0.05) is 0 Å². The van der Waals surface area contributed by atoms with Gasteiger partial charge in [0.1, 0.15) is 5.75 Å². The van der Waals surface area contributed by atoms with Crippen molar-refractivity contribution in [2.75, 3.05) is 18.5 Å². The zero-order valence-electron chi connectivity index (χ0n) is 11.0. The molecule has 0 fully saturated rings. The largest absolute Gasteiger partial charge is 0.482 e. The molecule has 108 valence electrons. The number of hydrogen-bond donors (Lipinski definition) is 3. The van der Waals surface area contributed by atoms with Crippen LogP contribution in [0.15, 0.2) is 24.3 Å². The summed E-state index contributed by atoms with van der Waals surface area (Å²) in [5, 5.41) is 13.6. The predicted molar refractivity (Wildman–Crippen MR) is 71.5 cm³/mol. The van der Waals surface area contributed by atoms with Gasteiger partial charge in [0.2, 0.25) is 11.8 Å². The van der Waals surface area contributed by atoms with Crippen molar-refractivity contribution < 1.29 is 24.2 Å². The van der Waals surface area contributed by atoms with E-state index in [1.165, 1.54) is 6.92 Å². The lowest BCUT2D eigenvalue weighted by atomic mass is 10.3. The number of amides is 2. The summed E-state index contributed by atoms with van der Waals surface area (Å²) in [4.78, 5) is 32.5. The van der Waals surface area contributed by atoms with Crippen LogP contribution in [0.2, 0.25) is 0 Å². The predicted octanol–water partition coefficient (Wildman–Crippen LogP) is 0.615. The minimum atomic E-state index is -1.06. The molecule has 2 amide bonds. The van der Waals surface area contributed by atoms with Crippen LogP contribution >= 0.6 is 0 Å². The zero-order valence-corrected chi connectivity index (χ0v) is 11.0. The monoisotopic (exact) mass is 280 g/mol. The average Bonchev–Trinajstić information content (AvgIpc) is 2.37. The van der Waals surface area contributed by atoms with Crippen molar-refractivity contribution in [2.45, 2.75) is 13.3 Å². The lowest BCUT2D eigenvalue weighted by Gasteiger charge is -2.07. The van der Waals surface area contributed by atoms with Crippen LogP contribution in [0.3, 0.4) is 0 Å². The number of carboxylic acids is 1. The second-order valence-electron chi connectivity index (χ2n) is 3.99. The molecule has 0 aliphatic carbocycles. The van der Waals surface area contributed by atoms with Gasteiger partial charge >= 0.3 is 5.97 Å². The molecule has 0 spiro atoms. The number of benzene rings is 1. The molecule has 1 aromatic rings. The van der Waals surface area contributed by atoms with Crippen LogP contribution < -0.4 is 15.4 Å². The molecule has 0 aliphatic heterocycles. The van der Waals surface area contributed by atoms with Crippen molar-refractivity contribution in [1.29, 1.82) is 0 Å². The van der Waals surface area contributed by atoms with Crippen molar-refractivity contribution in [3.63, 3.8) is 0 Å². The molecule has 0 aromatic heterocycles. The first-order valence-corrected chi connectivity index (χ1v) is 5.96. The SMILES string of the molecule is CC(=O)NCCC(=O)Nc1ccc(OCC(=O)O)cc1. The van der Waals surface area contributed by atoms with Crippen LogP contribution in [0.1, 0.15) is 13.3 Å². The summed E-state index contributed by atoms with van der Waals surface area (Å²) in [5.74, 6) is -1.06. The van der Waals surface area contributed by atoms with E-state index in [0.717, 1.165) is 0 Å². The van der Waals surface area contributed by atoms with E-state index in [2.05, 4.69) is 10.6 Å². The number of rotatable bonds is 7. The van der Waals surface area contributed by atoms with Crippen molar-refractivity contribution in [3.8, 4) is 5.75 Å². The Labute approximate surface area is 115 Å². The summed E-state index contributed by atoms with van der Waals surface area (Å²) in [5.41, 5.74) is 0.570. The van der Waals surface area contributed by atoms with Gasteiger partial charge in [-0.3, -0.25) is 9.59 Å². The minimum Gasteiger partial charge on any atom is -0.482 e. The van der Waals surface area contributed by atoms with Crippen LogP contribution in [0.5, 0.6) is 5.75 Å². The summed E-state index contributed by atoms with van der Waals surface area (Å²) >= 11 is 0. The summed E-state index contributed by atoms with van der Waals surface area (Å²) in [7, 11) is 0. The van der Waals surface area contributed by atoms with Gasteiger partial charge in [0, 0.05) is 25.6 Å².